The first-order valence-corrected chi connectivity index (χ1v) is 8.20. The van der Waals surface area contributed by atoms with Crippen LogP contribution in [0.1, 0.15) is 26.3 Å². The second-order valence-corrected chi connectivity index (χ2v) is 6.06. The normalized spacial score (nSPS) is 13.0. The molecule has 0 saturated heterocycles. The SMILES string of the molecule is O=C1c2ccccc2C(=O)N1Cc1ccc(Oc2ccc(F)c(F)c2)cc1. The van der Waals surface area contributed by atoms with Crippen LogP contribution >= 0.6 is 0 Å². The number of hydrogen-bond donors (Lipinski definition) is 0. The Hall–Kier alpha value is -3.54. The predicted molar refractivity (Wildman–Crippen MR) is 93.5 cm³/mol. The van der Waals surface area contributed by atoms with E-state index >= 15 is 0 Å². The molecular weight excluding hydrogens is 352 g/mol. The fraction of sp³-hybridized carbons (Fsp3) is 0.0476. The van der Waals surface area contributed by atoms with E-state index < -0.39 is 11.6 Å². The van der Waals surface area contributed by atoms with Crippen LogP contribution in [0, 0.1) is 11.6 Å². The first-order valence-electron chi connectivity index (χ1n) is 8.20. The molecule has 0 fully saturated rings. The second kappa shape index (κ2) is 6.64. The van der Waals surface area contributed by atoms with E-state index in [1.54, 1.807) is 48.5 Å². The highest BCUT2D eigenvalue weighted by Crippen LogP contribution is 2.26. The molecule has 0 unspecified atom stereocenters. The lowest BCUT2D eigenvalue weighted by Crippen LogP contribution is -2.29. The summed E-state index contributed by atoms with van der Waals surface area (Å²) in [5.41, 5.74) is 1.55. The summed E-state index contributed by atoms with van der Waals surface area (Å²) in [6.07, 6.45) is 0. The van der Waals surface area contributed by atoms with Gasteiger partial charge in [0.05, 0.1) is 17.7 Å². The zero-order valence-corrected chi connectivity index (χ0v) is 14.0. The molecule has 4 nitrogen and oxygen atoms in total. The van der Waals surface area contributed by atoms with Crippen LogP contribution in [0.5, 0.6) is 11.5 Å². The van der Waals surface area contributed by atoms with E-state index in [0.29, 0.717) is 16.9 Å². The van der Waals surface area contributed by atoms with Gasteiger partial charge in [0.2, 0.25) is 0 Å². The van der Waals surface area contributed by atoms with Gasteiger partial charge in [0.1, 0.15) is 11.5 Å². The molecule has 1 heterocycles. The lowest BCUT2D eigenvalue weighted by atomic mass is 10.1. The Balaban J connectivity index is 1.48. The van der Waals surface area contributed by atoms with Crippen molar-refractivity contribution >= 4 is 11.8 Å². The summed E-state index contributed by atoms with van der Waals surface area (Å²) < 4.78 is 31.7. The largest absolute Gasteiger partial charge is 0.457 e. The van der Waals surface area contributed by atoms with Crippen molar-refractivity contribution in [3.05, 3.63) is 95.1 Å². The summed E-state index contributed by atoms with van der Waals surface area (Å²) >= 11 is 0. The van der Waals surface area contributed by atoms with Crippen LogP contribution in [-0.2, 0) is 6.54 Å². The van der Waals surface area contributed by atoms with E-state index in [1.807, 2.05) is 0 Å². The van der Waals surface area contributed by atoms with Crippen molar-refractivity contribution in [1.82, 2.24) is 4.90 Å². The first-order chi connectivity index (χ1) is 13.0. The molecule has 4 rings (SSSR count). The Kier molecular flexibility index (Phi) is 4.16. The van der Waals surface area contributed by atoms with Crippen LogP contribution < -0.4 is 4.74 Å². The molecule has 2 amide bonds. The maximum Gasteiger partial charge on any atom is 0.261 e. The summed E-state index contributed by atoms with van der Waals surface area (Å²) in [4.78, 5) is 26.0. The van der Waals surface area contributed by atoms with E-state index in [-0.39, 0.29) is 24.1 Å². The van der Waals surface area contributed by atoms with Crippen molar-refractivity contribution in [2.24, 2.45) is 0 Å². The van der Waals surface area contributed by atoms with Gasteiger partial charge in [-0.05, 0) is 42.0 Å². The number of ether oxygens (including phenoxy) is 1. The van der Waals surface area contributed by atoms with Gasteiger partial charge in [0.25, 0.3) is 11.8 Å². The molecule has 0 N–H and O–H groups in total. The van der Waals surface area contributed by atoms with Crippen LogP contribution in [0.4, 0.5) is 8.78 Å². The highest BCUT2D eigenvalue weighted by atomic mass is 19.2. The highest BCUT2D eigenvalue weighted by molar-refractivity contribution is 6.21. The Labute approximate surface area is 153 Å². The quantitative estimate of drug-likeness (QED) is 0.637. The van der Waals surface area contributed by atoms with Gasteiger partial charge >= 0.3 is 0 Å². The average molecular weight is 365 g/mol. The fourth-order valence-corrected chi connectivity index (χ4v) is 2.90. The third kappa shape index (κ3) is 3.17. The molecule has 3 aromatic carbocycles. The van der Waals surface area contributed by atoms with Gasteiger partial charge in [-0.2, -0.15) is 0 Å². The lowest BCUT2D eigenvalue weighted by molar-refractivity contribution is 0.0642. The van der Waals surface area contributed by atoms with Crippen LogP contribution in [-0.4, -0.2) is 16.7 Å². The molecule has 0 saturated carbocycles. The number of amides is 2. The molecule has 134 valence electrons. The molecular formula is C21H13F2NO3. The zero-order valence-electron chi connectivity index (χ0n) is 14.0. The summed E-state index contributed by atoms with van der Waals surface area (Å²) in [5, 5.41) is 0. The Morgan fingerprint density at radius 2 is 1.33 bits per heavy atom. The minimum atomic E-state index is -0.991. The standard InChI is InChI=1S/C21H13F2NO3/c22-18-10-9-15(11-19(18)23)27-14-7-5-13(6-8-14)12-24-20(25)16-3-1-2-4-17(16)21(24)26/h1-11H,12H2. The number of nitrogens with zero attached hydrogens (tertiary/aromatic N) is 1. The van der Waals surface area contributed by atoms with Crippen molar-refractivity contribution in [3.63, 3.8) is 0 Å². The van der Waals surface area contributed by atoms with Gasteiger partial charge in [0.15, 0.2) is 11.6 Å². The monoisotopic (exact) mass is 365 g/mol. The molecule has 0 aliphatic carbocycles. The highest BCUT2D eigenvalue weighted by Gasteiger charge is 2.34. The van der Waals surface area contributed by atoms with Crippen LogP contribution in [0.25, 0.3) is 0 Å². The molecule has 27 heavy (non-hydrogen) atoms. The summed E-state index contributed by atoms with van der Waals surface area (Å²) in [7, 11) is 0. The number of halogens is 2. The first kappa shape index (κ1) is 16.9. The molecule has 0 radical (unpaired) electrons. The molecule has 0 aromatic heterocycles. The van der Waals surface area contributed by atoms with E-state index in [2.05, 4.69) is 0 Å². The van der Waals surface area contributed by atoms with Crippen molar-refractivity contribution in [3.8, 4) is 11.5 Å². The van der Waals surface area contributed by atoms with Crippen LogP contribution in [0.15, 0.2) is 66.7 Å². The second-order valence-electron chi connectivity index (χ2n) is 6.06. The maximum atomic E-state index is 13.2. The summed E-state index contributed by atoms with van der Waals surface area (Å²) in [5.74, 6) is -1.99. The third-order valence-corrected chi connectivity index (χ3v) is 4.27. The van der Waals surface area contributed by atoms with Gasteiger partial charge < -0.3 is 4.74 Å². The maximum absolute atomic E-state index is 13.2. The van der Waals surface area contributed by atoms with E-state index in [1.165, 1.54) is 11.0 Å². The van der Waals surface area contributed by atoms with Crippen molar-refractivity contribution in [1.29, 1.82) is 0 Å². The minimum Gasteiger partial charge on any atom is -0.457 e. The topological polar surface area (TPSA) is 46.6 Å². The number of rotatable bonds is 4. The molecule has 1 aliphatic heterocycles. The van der Waals surface area contributed by atoms with Crippen LogP contribution in [0.2, 0.25) is 0 Å². The predicted octanol–water partition coefficient (Wildman–Crippen LogP) is 4.55. The number of carbonyl (C=O) groups excluding carboxylic acids is 2. The molecule has 0 atom stereocenters. The number of benzene rings is 3. The number of hydrogen-bond acceptors (Lipinski definition) is 3. The van der Waals surface area contributed by atoms with E-state index in [0.717, 1.165) is 17.7 Å². The van der Waals surface area contributed by atoms with Gasteiger partial charge in [-0.15, -0.1) is 0 Å². The number of carbonyl (C=O) groups is 2. The Bertz CT molecular complexity index is 1010. The zero-order chi connectivity index (χ0) is 19.0. The fourth-order valence-electron chi connectivity index (χ4n) is 2.90. The van der Waals surface area contributed by atoms with Crippen molar-refractivity contribution in [2.45, 2.75) is 6.54 Å². The van der Waals surface area contributed by atoms with Gasteiger partial charge in [-0.3, -0.25) is 14.5 Å². The Morgan fingerprint density at radius 1 is 0.741 bits per heavy atom. The van der Waals surface area contributed by atoms with Gasteiger partial charge in [0, 0.05) is 6.07 Å². The van der Waals surface area contributed by atoms with Gasteiger partial charge in [-0.25, -0.2) is 8.78 Å². The third-order valence-electron chi connectivity index (χ3n) is 4.27. The van der Waals surface area contributed by atoms with Crippen molar-refractivity contribution < 1.29 is 23.1 Å². The van der Waals surface area contributed by atoms with E-state index in [4.69, 9.17) is 4.74 Å². The molecule has 0 bridgehead atoms. The van der Waals surface area contributed by atoms with E-state index in [9.17, 15) is 18.4 Å². The summed E-state index contributed by atoms with van der Waals surface area (Å²) in [6.45, 7) is 0.137. The molecule has 1 aliphatic rings. The molecule has 6 heteroatoms. The molecule has 3 aromatic rings. The van der Waals surface area contributed by atoms with Gasteiger partial charge in [-0.1, -0.05) is 24.3 Å². The molecule has 0 spiro atoms. The average Bonchev–Trinajstić information content (AvgIpc) is 2.91. The van der Waals surface area contributed by atoms with Crippen molar-refractivity contribution in [2.75, 3.05) is 0 Å². The smallest absolute Gasteiger partial charge is 0.261 e. The van der Waals surface area contributed by atoms with Crippen LogP contribution in [0.3, 0.4) is 0 Å². The lowest BCUT2D eigenvalue weighted by Gasteiger charge is -2.14. The summed E-state index contributed by atoms with van der Waals surface area (Å²) in [6, 6.07) is 16.7. The minimum absolute atomic E-state index is 0.137. The number of imide groups is 1. The Morgan fingerprint density at radius 3 is 1.93 bits per heavy atom. The number of fused-ring (bicyclic) bond motifs is 1.